The van der Waals surface area contributed by atoms with Gasteiger partial charge < -0.3 is 10.7 Å². The Hall–Kier alpha value is -0.0200. The molecule has 2 N–H and O–H groups in total. The van der Waals surface area contributed by atoms with Gasteiger partial charge in [0.1, 0.15) is 0 Å². The van der Waals surface area contributed by atoms with E-state index in [0.717, 1.165) is 31.6 Å². The minimum Gasteiger partial charge on any atom is -0.316 e. The maximum atomic E-state index is 7.15. The summed E-state index contributed by atoms with van der Waals surface area (Å²) < 4.78 is 0. The third-order valence-corrected chi connectivity index (χ3v) is 1.21. The monoisotopic (exact) mass is 132 g/mol. The third kappa shape index (κ3) is 2.33. The van der Waals surface area contributed by atoms with E-state index in [4.69, 9.17) is 5.41 Å². The second kappa shape index (κ2) is 3.92. The highest BCUT2D eigenvalue weighted by Crippen LogP contribution is 1.92. The highest BCUT2D eigenvalue weighted by atomic mass is 32.1. The van der Waals surface area contributed by atoms with Gasteiger partial charge in [0.25, 0.3) is 0 Å². The molecule has 2 nitrogen and oxygen atoms in total. The average Bonchev–Trinajstić information content (AvgIpc) is 1.69. The molecule has 8 heavy (non-hydrogen) atoms. The molecule has 0 aromatic rings. The Morgan fingerprint density at radius 2 is 1.75 bits per heavy atom. The Labute approximate surface area is 56.6 Å². The lowest BCUT2D eigenvalue weighted by molar-refractivity contribution is 0.668. The first-order chi connectivity index (χ1) is 3.39. The van der Waals surface area contributed by atoms with Crippen LogP contribution in [0.2, 0.25) is 0 Å². The van der Waals surface area contributed by atoms with Crippen molar-refractivity contribution in [3.63, 3.8) is 0 Å². The Balaban J connectivity index is 0.000000490. The largest absolute Gasteiger partial charge is 0.316 e. The summed E-state index contributed by atoms with van der Waals surface area (Å²) in [5, 5.41) is 10.3. The van der Waals surface area contributed by atoms with Gasteiger partial charge in [-0.2, -0.15) is 13.5 Å². The molecule has 1 aliphatic heterocycles. The van der Waals surface area contributed by atoms with Crippen LogP contribution in [0.4, 0.5) is 0 Å². The Bertz CT molecular complexity index is 74.5. The van der Waals surface area contributed by atoms with Gasteiger partial charge in [0.05, 0.1) is 0 Å². The van der Waals surface area contributed by atoms with Crippen molar-refractivity contribution >= 4 is 19.2 Å². The van der Waals surface area contributed by atoms with E-state index >= 15 is 0 Å². The minimum atomic E-state index is 0. The zero-order chi connectivity index (χ0) is 5.11. The van der Waals surface area contributed by atoms with Crippen molar-refractivity contribution in [2.45, 2.75) is 12.8 Å². The van der Waals surface area contributed by atoms with Crippen LogP contribution in [0.15, 0.2) is 0 Å². The topological polar surface area (TPSA) is 35.9 Å². The molecule has 0 amide bonds. The maximum Gasteiger partial charge on any atom is 0.0114 e. The lowest BCUT2D eigenvalue weighted by Crippen LogP contribution is -2.27. The van der Waals surface area contributed by atoms with Crippen molar-refractivity contribution in [1.29, 1.82) is 5.41 Å². The Kier molecular flexibility index (Phi) is 3.91. The molecule has 1 saturated heterocycles. The van der Waals surface area contributed by atoms with Crippen LogP contribution in [-0.4, -0.2) is 18.8 Å². The predicted molar refractivity (Wildman–Crippen MR) is 40.2 cm³/mol. The molecule has 48 valence electrons. The van der Waals surface area contributed by atoms with Crippen LogP contribution < -0.4 is 5.32 Å². The van der Waals surface area contributed by atoms with Gasteiger partial charge in [0.15, 0.2) is 0 Å². The molecule has 0 spiro atoms. The van der Waals surface area contributed by atoms with Gasteiger partial charge >= 0.3 is 0 Å². The summed E-state index contributed by atoms with van der Waals surface area (Å²) in [4.78, 5) is 0. The van der Waals surface area contributed by atoms with Gasteiger partial charge in [-0.3, -0.25) is 0 Å². The van der Waals surface area contributed by atoms with Gasteiger partial charge in [0.2, 0.25) is 0 Å². The van der Waals surface area contributed by atoms with Crippen LogP contribution in [-0.2, 0) is 0 Å². The number of nitrogens with one attached hydrogen (secondary N) is 2. The highest BCUT2D eigenvalue weighted by Gasteiger charge is 2.01. The van der Waals surface area contributed by atoms with E-state index in [1.165, 1.54) is 0 Å². The summed E-state index contributed by atoms with van der Waals surface area (Å²) in [6.45, 7) is 2.03. The standard InChI is InChI=1S/C5H10N2.H2S/c6-5-1-3-7-4-2-5;/h6-7H,1-4H2;1H2. The number of hydrogen-bond donors (Lipinski definition) is 2. The molecular formula is C5H12N2S. The fourth-order valence-electron chi connectivity index (χ4n) is 0.729. The van der Waals surface area contributed by atoms with Crippen molar-refractivity contribution in [2.24, 2.45) is 0 Å². The zero-order valence-corrected chi connectivity index (χ0v) is 5.83. The summed E-state index contributed by atoms with van der Waals surface area (Å²) in [5.74, 6) is 0. The van der Waals surface area contributed by atoms with Crippen molar-refractivity contribution in [2.75, 3.05) is 13.1 Å². The van der Waals surface area contributed by atoms with Crippen molar-refractivity contribution in [3.8, 4) is 0 Å². The number of hydrogen-bond acceptors (Lipinski definition) is 2. The van der Waals surface area contributed by atoms with Crippen LogP contribution in [0.5, 0.6) is 0 Å². The predicted octanol–water partition coefficient (Wildman–Crippen LogP) is 0.502. The Morgan fingerprint density at radius 3 is 2.00 bits per heavy atom. The molecule has 1 rings (SSSR count). The average molecular weight is 132 g/mol. The van der Waals surface area contributed by atoms with E-state index < -0.39 is 0 Å². The van der Waals surface area contributed by atoms with Crippen molar-refractivity contribution in [1.82, 2.24) is 5.32 Å². The Morgan fingerprint density at radius 1 is 1.25 bits per heavy atom. The summed E-state index contributed by atoms with van der Waals surface area (Å²) in [6, 6.07) is 0. The number of rotatable bonds is 0. The van der Waals surface area contributed by atoms with Gasteiger partial charge in [-0.15, -0.1) is 0 Å². The van der Waals surface area contributed by atoms with Crippen molar-refractivity contribution < 1.29 is 0 Å². The highest BCUT2D eigenvalue weighted by molar-refractivity contribution is 7.59. The smallest absolute Gasteiger partial charge is 0.0114 e. The van der Waals surface area contributed by atoms with Crippen LogP contribution in [0.1, 0.15) is 12.8 Å². The summed E-state index contributed by atoms with van der Waals surface area (Å²) >= 11 is 0. The van der Waals surface area contributed by atoms with E-state index in [1.807, 2.05) is 0 Å². The van der Waals surface area contributed by atoms with Crippen LogP contribution in [0, 0.1) is 5.41 Å². The molecule has 1 heterocycles. The molecule has 1 aliphatic rings. The molecule has 0 unspecified atom stereocenters. The van der Waals surface area contributed by atoms with Crippen molar-refractivity contribution in [3.05, 3.63) is 0 Å². The summed E-state index contributed by atoms with van der Waals surface area (Å²) in [6.07, 6.45) is 1.92. The van der Waals surface area contributed by atoms with E-state index in [9.17, 15) is 0 Å². The van der Waals surface area contributed by atoms with E-state index in [2.05, 4.69) is 5.32 Å². The molecule has 0 saturated carbocycles. The van der Waals surface area contributed by atoms with Gasteiger partial charge in [-0.25, -0.2) is 0 Å². The van der Waals surface area contributed by atoms with Gasteiger partial charge in [-0.05, 0) is 12.8 Å². The van der Waals surface area contributed by atoms with Gasteiger partial charge in [-0.1, -0.05) is 0 Å². The number of piperidine rings is 1. The SMILES string of the molecule is N=C1CCNCC1.S. The van der Waals surface area contributed by atoms with E-state index in [0.29, 0.717) is 0 Å². The summed E-state index contributed by atoms with van der Waals surface area (Å²) in [7, 11) is 0. The van der Waals surface area contributed by atoms with Crippen LogP contribution >= 0.6 is 13.5 Å². The molecule has 0 aromatic heterocycles. The molecule has 0 atom stereocenters. The third-order valence-electron chi connectivity index (χ3n) is 1.21. The molecule has 1 fully saturated rings. The van der Waals surface area contributed by atoms with Crippen LogP contribution in [0.25, 0.3) is 0 Å². The second-order valence-electron chi connectivity index (χ2n) is 1.85. The fourth-order valence-corrected chi connectivity index (χ4v) is 0.729. The quantitative estimate of drug-likeness (QED) is 0.495. The van der Waals surface area contributed by atoms with E-state index in [-0.39, 0.29) is 13.5 Å². The first kappa shape index (κ1) is 7.98. The molecule has 3 heteroatoms. The van der Waals surface area contributed by atoms with Gasteiger partial charge in [0, 0.05) is 18.8 Å². The maximum absolute atomic E-state index is 7.15. The molecular weight excluding hydrogens is 120 g/mol. The molecule has 0 aliphatic carbocycles. The first-order valence-electron chi connectivity index (χ1n) is 2.66. The van der Waals surface area contributed by atoms with E-state index in [1.54, 1.807) is 0 Å². The summed E-state index contributed by atoms with van der Waals surface area (Å²) in [5.41, 5.74) is 0.902. The normalized spacial score (nSPS) is 19.8. The molecule has 0 aromatic carbocycles. The zero-order valence-electron chi connectivity index (χ0n) is 4.83. The molecule has 0 radical (unpaired) electrons. The fraction of sp³-hybridized carbons (Fsp3) is 0.800. The molecule has 0 bridgehead atoms. The lowest BCUT2D eigenvalue weighted by Gasteiger charge is -2.10. The van der Waals surface area contributed by atoms with Crippen LogP contribution in [0.3, 0.4) is 0 Å². The second-order valence-corrected chi connectivity index (χ2v) is 1.85. The minimum absolute atomic E-state index is 0. The lowest BCUT2D eigenvalue weighted by atomic mass is 10.1. The first-order valence-corrected chi connectivity index (χ1v) is 2.66.